The van der Waals surface area contributed by atoms with E-state index in [-0.39, 0.29) is 56.9 Å². The first kappa shape index (κ1) is 29.1. The summed E-state index contributed by atoms with van der Waals surface area (Å²) in [7, 11) is 0. The highest BCUT2D eigenvalue weighted by Crippen LogP contribution is 2.52. The number of alkyl halides is 6. The second kappa shape index (κ2) is 10.2. The average molecular weight is 609 g/mol. The van der Waals surface area contributed by atoms with Crippen molar-refractivity contribution >= 4 is 34.9 Å². The summed E-state index contributed by atoms with van der Waals surface area (Å²) in [4.78, 5) is 5.52. The molecule has 0 saturated carbocycles. The van der Waals surface area contributed by atoms with Crippen LogP contribution in [0.2, 0.25) is 0 Å². The fourth-order valence-electron chi connectivity index (χ4n) is 5.74. The zero-order valence-electron chi connectivity index (χ0n) is 21.6. The van der Waals surface area contributed by atoms with E-state index < -0.39 is 44.3 Å². The maximum absolute atomic E-state index is 13.7. The summed E-state index contributed by atoms with van der Waals surface area (Å²) >= 11 is -1.34. The van der Waals surface area contributed by atoms with E-state index in [1.807, 2.05) is 32.1 Å². The van der Waals surface area contributed by atoms with Crippen LogP contribution in [-0.4, -0.2) is 11.0 Å². The third kappa shape index (κ3) is 4.68. The molecule has 0 amide bonds. The molecule has 0 aliphatic heterocycles. The topological polar surface area (TPSA) is 56.3 Å². The molecule has 0 atom stereocenters. The van der Waals surface area contributed by atoms with Crippen molar-refractivity contribution in [1.29, 1.82) is 10.5 Å². The molecule has 0 bridgehead atoms. The Hall–Kier alpha value is -4.36. The Bertz CT molecular complexity index is 2000. The molecule has 3 aromatic carbocycles. The SMILES string of the molecule is [C-]#[N+]/C(C#N)=c1\c2c(/c(=C(/C#N)[N+]#[C-])c3c1Cc1c-3ccc(SC(F)(F)F)c1SC(F)(F)F)-c1ccc(C)c(C)c1C2. The van der Waals surface area contributed by atoms with Crippen LogP contribution < -0.4 is 10.4 Å². The van der Waals surface area contributed by atoms with Crippen molar-refractivity contribution in [2.24, 2.45) is 0 Å². The fraction of sp³-hybridized carbons (Fsp3) is 0.200. The van der Waals surface area contributed by atoms with E-state index in [9.17, 15) is 36.9 Å². The van der Waals surface area contributed by atoms with E-state index in [0.29, 0.717) is 16.7 Å². The van der Waals surface area contributed by atoms with Crippen LogP contribution in [0.1, 0.15) is 33.4 Å². The summed E-state index contributed by atoms with van der Waals surface area (Å²) < 4.78 is 81.3. The van der Waals surface area contributed by atoms with Gasteiger partial charge in [-0.1, -0.05) is 18.2 Å². The Morgan fingerprint density at radius 1 is 0.738 bits per heavy atom. The zero-order chi connectivity index (χ0) is 30.7. The van der Waals surface area contributed by atoms with Crippen LogP contribution in [0, 0.1) is 49.7 Å². The first-order chi connectivity index (χ1) is 19.7. The minimum absolute atomic E-state index is 0.0717. The molecule has 0 saturated heterocycles. The Morgan fingerprint density at radius 3 is 1.76 bits per heavy atom. The molecule has 4 nitrogen and oxygen atoms in total. The van der Waals surface area contributed by atoms with Gasteiger partial charge in [0.2, 0.25) is 0 Å². The van der Waals surface area contributed by atoms with E-state index in [1.54, 1.807) is 6.07 Å². The zero-order valence-corrected chi connectivity index (χ0v) is 23.2. The van der Waals surface area contributed by atoms with Crippen molar-refractivity contribution in [2.75, 3.05) is 0 Å². The van der Waals surface area contributed by atoms with Crippen LogP contribution in [0.5, 0.6) is 0 Å². The van der Waals surface area contributed by atoms with Crippen LogP contribution >= 0.6 is 23.5 Å². The van der Waals surface area contributed by atoms with E-state index in [4.69, 9.17) is 13.1 Å². The first-order valence-electron chi connectivity index (χ1n) is 12.0. The quantitative estimate of drug-likeness (QED) is 0.117. The predicted octanol–water partition coefficient (Wildman–Crippen LogP) is 7.77. The van der Waals surface area contributed by atoms with Crippen molar-refractivity contribution < 1.29 is 26.3 Å². The van der Waals surface area contributed by atoms with Crippen LogP contribution in [0.15, 0.2) is 34.1 Å². The van der Waals surface area contributed by atoms with E-state index >= 15 is 0 Å². The van der Waals surface area contributed by atoms with E-state index in [2.05, 4.69) is 9.69 Å². The van der Waals surface area contributed by atoms with Crippen LogP contribution in [0.25, 0.3) is 43.3 Å². The van der Waals surface area contributed by atoms with Gasteiger partial charge in [0.1, 0.15) is 0 Å². The van der Waals surface area contributed by atoms with Gasteiger partial charge in [-0.15, -0.1) is 0 Å². The van der Waals surface area contributed by atoms with Gasteiger partial charge in [0.05, 0.1) is 25.3 Å². The third-order valence-corrected chi connectivity index (χ3v) is 9.22. The Labute approximate surface area is 244 Å². The van der Waals surface area contributed by atoms with Gasteiger partial charge >= 0.3 is 11.0 Å². The van der Waals surface area contributed by atoms with Gasteiger partial charge < -0.3 is 0 Å². The van der Waals surface area contributed by atoms with Crippen molar-refractivity contribution in [3.63, 3.8) is 0 Å². The number of halogens is 6. The second-order valence-corrected chi connectivity index (χ2v) is 11.7. The first-order valence-corrected chi connectivity index (χ1v) is 13.7. The van der Waals surface area contributed by atoms with Crippen molar-refractivity contribution in [3.05, 3.63) is 90.9 Å². The predicted molar refractivity (Wildman–Crippen MR) is 147 cm³/mol. The Kier molecular flexibility index (Phi) is 7.06. The normalized spacial score (nSPS) is 14.4. The van der Waals surface area contributed by atoms with Gasteiger partial charge in [-0.25, -0.2) is 20.2 Å². The Balaban J connectivity index is 2.03. The largest absolute Gasteiger partial charge is 0.446 e. The molecule has 208 valence electrons. The summed E-state index contributed by atoms with van der Waals surface area (Å²) in [5.74, 6) is 0. The van der Waals surface area contributed by atoms with Gasteiger partial charge in [-0.05, 0) is 117 Å². The number of nitriles is 2. The molecule has 0 fully saturated rings. The lowest BCUT2D eigenvalue weighted by molar-refractivity contribution is -0.0346. The number of fused-ring (bicyclic) bond motifs is 6. The molecule has 0 N–H and O–H groups in total. The summed E-state index contributed by atoms with van der Waals surface area (Å²) in [6, 6.07) is 9.61. The highest BCUT2D eigenvalue weighted by atomic mass is 32.2. The maximum Gasteiger partial charge on any atom is 0.446 e. The van der Waals surface area contributed by atoms with Gasteiger partial charge in [-0.3, -0.25) is 0 Å². The number of hydrogen-bond acceptors (Lipinski definition) is 4. The summed E-state index contributed by atoms with van der Waals surface area (Å²) in [6.45, 7) is 19.3. The minimum Gasteiger partial charge on any atom is -0.226 e. The van der Waals surface area contributed by atoms with Crippen molar-refractivity contribution in [1.82, 2.24) is 0 Å². The molecular formula is C30H14F6N4S2. The highest BCUT2D eigenvalue weighted by Gasteiger charge is 2.39. The lowest BCUT2D eigenvalue weighted by Gasteiger charge is -2.16. The minimum atomic E-state index is -4.92. The number of thioether (sulfide) groups is 2. The van der Waals surface area contributed by atoms with Gasteiger partial charge in [0.25, 0.3) is 11.4 Å². The fourth-order valence-corrected chi connectivity index (χ4v) is 7.30. The molecule has 0 radical (unpaired) electrons. The molecule has 42 heavy (non-hydrogen) atoms. The summed E-state index contributed by atoms with van der Waals surface area (Å²) in [5.41, 5.74) is -5.66. The van der Waals surface area contributed by atoms with Gasteiger partial charge in [0.15, 0.2) is 0 Å². The average Bonchev–Trinajstić information content (AvgIpc) is 3.48. The molecule has 0 aromatic heterocycles. The van der Waals surface area contributed by atoms with E-state index in [1.165, 1.54) is 6.07 Å². The number of rotatable bonds is 2. The lowest BCUT2D eigenvalue weighted by atomic mass is 9.90. The highest BCUT2D eigenvalue weighted by molar-refractivity contribution is 8.03. The number of benzene rings is 3. The van der Waals surface area contributed by atoms with Crippen molar-refractivity contribution in [2.45, 2.75) is 47.5 Å². The van der Waals surface area contributed by atoms with Crippen LogP contribution in [0.4, 0.5) is 26.3 Å². The number of hydrogen-bond donors (Lipinski definition) is 0. The van der Waals surface area contributed by atoms with Crippen molar-refractivity contribution in [3.8, 4) is 34.4 Å². The molecule has 3 aromatic rings. The van der Waals surface area contributed by atoms with Crippen LogP contribution in [-0.2, 0) is 12.8 Å². The van der Waals surface area contributed by atoms with Crippen LogP contribution in [0.3, 0.4) is 0 Å². The standard InChI is InChI=1S/C30H14F6N4S2/c1-13-5-6-15-17(14(13)2)9-19-24(21(11-37)39-3)20-10-18-16(26(20)27(25(15)19)22(12-38)40-4)7-8-23(41-29(31,32)33)28(18)42-30(34,35)36/h5-8H,9-10H2,1-2H3/b24-21+,27-22+. The summed E-state index contributed by atoms with van der Waals surface area (Å²) in [5, 5.41) is 20.3. The van der Waals surface area contributed by atoms with Gasteiger partial charge in [0, 0.05) is 15.0 Å². The molecule has 5 rings (SSSR count). The molecular weight excluding hydrogens is 594 g/mol. The van der Waals surface area contributed by atoms with E-state index in [0.717, 1.165) is 22.8 Å². The maximum atomic E-state index is 13.7. The molecule has 12 heteroatoms. The smallest absolute Gasteiger partial charge is 0.226 e. The molecule has 2 aliphatic carbocycles. The number of nitrogens with zero attached hydrogens (tertiary/aromatic N) is 4. The molecule has 2 aliphatic rings. The third-order valence-electron chi connectivity index (χ3n) is 7.40. The number of aryl methyl sites for hydroxylation is 1. The summed E-state index contributed by atoms with van der Waals surface area (Å²) in [6.07, 6.45) is -0.0857. The monoisotopic (exact) mass is 608 g/mol. The molecule has 0 heterocycles. The molecule has 0 unspecified atom stereocenters. The lowest BCUT2D eigenvalue weighted by Crippen LogP contribution is -2.25. The molecule has 0 spiro atoms. The Morgan fingerprint density at radius 2 is 1.24 bits per heavy atom. The second-order valence-electron chi connectivity index (χ2n) is 9.50. The van der Waals surface area contributed by atoms with Gasteiger partial charge in [-0.2, -0.15) is 26.3 Å².